The molecular formula is C32H34ClN3O4Si. The minimum atomic E-state index is -2.75. The van der Waals surface area contributed by atoms with Gasteiger partial charge in [-0.2, -0.15) is 0 Å². The summed E-state index contributed by atoms with van der Waals surface area (Å²) in [5.41, 5.74) is 1.61. The second kappa shape index (κ2) is 12.7. The minimum Gasteiger partial charge on any atom is -0.496 e. The van der Waals surface area contributed by atoms with Crippen LogP contribution in [-0.4, -0.2) is 39.3 Å². The van der Waals surface area contributed by atoms with Crippen LogP contribution in [0.3, 0.4) is 0 Å². The number of halogens is 1. The Morgan fingerprint density at radius 2 is 1.49 bits per heavy atom. The maximum absolute atomic E-state index is 13.3. The molecule has 212 valence electrons. The summed E-state index contributed by atoms with van der Waals surface area (Å²) in [6.45, 7) is 7.01. The van der Waals surface area contributed by atoms with Crippen molar-refractivity contribution in [3.63, 3.8) is 0 Å². The first-order valence-corrected chi connectivity index (χ1v) is 15.5. The fourth-order valence-electron chi connectivity index (χ4n) is 5.00. The Balaban J connectivity index is 1.66. The van der Waals surface area contributed by atoms with Crippen molar-refractivity contribution < 1.29 is 18.8 Å². The van der Waals surface area contributed by atoms with Crippen LogP contribution in [0.25, 0.3) is 0 Å². The van der Waals surface area contributed by atoms with E-state index in [-0.39, 0.29) is 21.4 Å². The van der Waals surface area contributed by atoms with Crippen LogP contribution < -0.4 is 25.7 Å². The summed E-state index contributed by atoms with van der Waals surface area (Å²) in [6, 6.07) is 27.6. The Kier molecular flexibility index (Phi) is 9.27. The first-order chi connectivity index (χ1) is 19.6. The molecule has 2 N–H and O–H groups in total. The van der Waals surface area contributed by atoms with Gasteiger partial charge < -0.3 is 19.8 Å². The van der Waals surface area contributed by atoms with E-state index in [1.54, 1.807) is 6.07 Å². The molecule has 3 aromatic carbocycles. The van der Waals surface area contributed by atoms with Crippen LogP contribution >= 0.6 is 11.6 Å². The van der Waals surface area contributed by atoms with E-state index in [0.717, 1.165) is 5.56 Å². The molecule has 4 rings (SSSR count). The molecule has 0 bridgehead atoms. The number of hydrogen-bond acceptors (Lipinski definition) is 5. The van der Waals surface area contributed by atoms with E-state index in [1.165, 1.54) is 36.8 Å². The smallest absolute Gasteiger partial charge is 0.261 e. The van der Waals surface area contributed by atoms with Gasteiger partial charge >= 0.3 is 0 Å². The third-order valence-electron chi connectivity index (χ3n) is 6.97. The number of carbonyl (C=O) groups excluding carboxylic acids is 2. The van der Waals surface area contributed by atoms with Gasteiger partial charge in [-0.05, 0) is 39.2 Å². The number of nitrogens with zero attached hydrogens (tertiary/aromatic N) is 1. The van der Waals surface area contributed by atoms with Gasteiger partial charge in [0.15, 0.2) is 0 Å². The summed E-state index contributed by atoms with van der Waals surface area (Å²) in [5, 5.41) is 7.65. The van der Waals surface area contributed by atoms with Crippen LogP contribution in [0.15, 0.2) is 91.1 Å². The number of nitrogens with one attached hydrogen (secondary N) is 2. The summed E-state index contributed by atoms with van der Waals surface area (Å²) in [5.74, 6) is -0.464. The molecule has 1 heterocycles. The van der Waals surface area contributed by atoms with Crippen molar-refractivity contribution in [2.45, 2.75) is 32.4 Å². The number of aromatic nitrogens is 1. The monoisotopic (exact) mass is 587 g/mol. The van der Waals surface area contributed by atoms with Gasteiger partial charge in [-0.3, -0.25) is 9.59 Å². The highest BCUT2D eigenvalue weighted by Crippen LogP contribution is 2.37. The molecule has 0 radical (unpaired) electrons. The lowest BCUT2D eigenvalue weighted by molar-refractivity contribution is 0.0963. The van der Waals surface area contributed by atoms with Crippen LogP contribution in [0.5, 0.6) is 5.75 Å². The second-order valence-electron chi connectivity index (χ2n) is 10.6. The summed E-state index contributed by atoms with van der Waals surface area (Å²) in [6.07, 6.45) is 1.32. The molecule has 7 nitrogen and oxygen atoms in total. The zero-order valence-electron chi connectivity index (χ0n) is 23.8. The van der Waals surface area contributed by atoms with E-state index < -0.39 is 20.1 Å². The molecule has 0 aliphatic carbocycles. The largest absolute Gasteiger partial charge is 0.496 e. The minimum absolute atomic E-state index is 0.149. The van der Waals surface area contributed by atoms with Crippen LogP contribution in [0, 0.1) is 0 Å². The molecule has 0 spiro atoms. The molecule has 2 amide bonds. The van der Waals surface area contributed by atoms with Gasteiger partial charge in [-0.1, -0.05) is 99.1 Å². The normalized spacial score (nSPS) is 11.6. The lowest BCUT2D eigenvalue weighted by atomic mass is 10.1. The van der Waals surface area contributed by atoms with Gasteiger partial charge in [0.1, 0.15) is 10.9 Å². The third-order valence-corrected chi connectivity index (χ3v) is 12.2. The van der Waals surface area contributed by atoms with Gasteiger partial charge in [-0.15, -0.1) is 0 Å². The third kappa shape index (κ3) is 6.35. The van der Waals surface area contributed by atoms with Gasteiger partial charge in [-0.25, -0.2) is 4.98 Å². The molecule has 0 saturated heterocycles. The number of methoxy groups -OCH3 is 1. The van der Waals surface area contributed by atoms with Crippen LogP contribution in [-0.2, 0) is 11.0 Å². The standard InChI is InChI=1S/C32H34ClN3O4Si/c1-32(2,3)41(23-12-8-6-9-13-23,24-14-10-7-11-15-24)40-21-22-16-17-25(28(18-22)39-5)31(38)36-27-19-29(33)35-20-26(27)30(37)34-4/h6-20H,21H2,1-5H3,(H,34,37)(H,35,36,38). The van der Waals surface area contributed by atoms with Crippen molar-refractivity contribution >= 4 is 47.8 Å². The maximum Gasteiger partial charge on any atom is 0.261 e. The Morgan fingerprint density at radius 3 is 2.02 bits per heavy atom. The van der Waals surface area contributed by atoms with Crippen LogP contribution in [0.2, 0.25) is 10.2 Å². The summed E-state index contributed by atoms with van der Waals surface area (Å²) >= 11 is 6.04. The zero-order valence-corrected chi connectivity index (χ0v) is 25.6. The maximum atomic E-state index is 13.3. The molecular weight excluding hydrogens is 554 g/mol. The predicted molar refractivity (Wildman–Crippen MR) is 166 cm³/mol. The first-order valence-electron chi connectivity index (χ1n) is 13.2. The highest BCUT2D eigenvalue weighted by molar-refractivity contribution is 6.99. The van der Waals surface area contributed by atoms with Crippen molar-refractivity contribution in [1.29, 1.82) is 0 Å². The number of anilines is 1. The molecule has 41 heavy (non-hydrogen) atoms. The Labute approximate surface area is 247 Å². The Bertz CT molecular complexity index is 1490. The summed E-state index contributed by atoms with van der Waals surface area (Å²) in [4.78, 5) is 29.5. The number of benzene rings is 3. The van der Waals surface area contributed by atoms with Crippen LogP contribution in [0.4, 0.5) is 5.69 Å². The highest BCUT2D eigenvalue weighted by Gasteiger charge is 2.50. The average Bonchev–Trinajstić information content (AvgIpc) is 2.97. The van der Waals surface area contributed by atoms with Gasteiger partial charge in [0.25, 0.3) is 20.1 Å². The number of ether oxygens (including phenoxy) is 1. The summed E-state index contributed by atoms with van der Waals surface area (Å²) in [7, 11) is 0.263. The fraction of sp³-hybridized carbons (Fsp3) is 0.219. The van der Waals surface area contributed by atoms with Crippen molar-refractivity contribution in [2.24, 2.45) is 0 Å². The second-order valence-corrected chi connectivity index (χ2v) is 15.3. The zero-order chi connectivity index (χ0) is 29.6. The quantitative estimate of drug-likeness (QED) is 0.201. The van der Waals surface area contributed by atoms with E-state index in [2.05, 4.69) is 84.9 Å². The first kappa shape index (κ1) is 30.0. The SMILES string of the molecule is CNC(=O)c1cnc(Cl)cc1NC(=O)c1ccc(CO[Si](c2ccccc2)(c2ccccc2)C(C)(C)C)cc1OC. The van der Waals surface area contributed by atoms with E-state index in [4.69, 9.17) is 20.8 Å². The Hall–Kier alpha value is -3.98. The fourth-order valence-corrected chi connectivity index (χ4v) is 9.70. The number of pyridine rings is 1. The van der Waals surface area contributed by atoms with E-state index >= 15 is 0 Å². The van der Waals surface area contributed by atoms with Crippen LogP contribution in [0.1, 0.15) is 47.1 Å². The molecule has 1 aromatic heterocycles. The van der Waals surface area contributed by atoms with E-state index in [9.17, 15) is 9.59 Å². The van der Waals surface area contributed by atoms with Crippen molar-refractivity contribution in [1.82, 2.24) is 10.3 Å². The Morgan fingerprint density at radius 1 is 0.878 bits per heavy atom. The van der Waals surface area contributed by atoms with Gasteiger partial charge in [0, 0.05) is 13.2 Å². The predicted octanol–water partition coefficient (Wildman–Crippen LogP) is 5.43. The number of carbonyl (C=O) groups is 2. The van der Waals surface area contributed by atoms with Crippen molar-refractivity contribution in [3.05, 3.63) is 113 Å². The van der Waals surface area contributed by atoms with Crippen molar-refractivity contribution in [2.75, 3.05) is 19.5 Å². The lowest BCUT2D eigenvalue weighted by Crippen LogP contribution is -2.66. The molecule has 0 fully saturated rings. The van der Waals surface area contributed by atoms with Crippen molar-refractivity contribution in [3.8, 4) is 5.75 Å². The average molecular weight is 588 g/mol. The number of hydrogen-bond donors (Lipinski definition) is 2. The van der Waals surface area contributed by atoms with Gasteiger partial charge in [0.2, 0.25) is 0 Å². The van der Waals surface area contributed by atoms with E-state index in [0.29, 0.717) is 17.9 Å². The molecule has 0 atom stereocenters. The molecule has 0 unspecified atom stereocenters. The molecule has 0 saturated carbocycles. The lowest BCUT2D eigenvalue weighted by Gasteiger charge is -2.43. The topological polar surface area (TPSA) is 89.6 Å². The summed E-state index contributed by atoms with van der Waals surface area (Å²) < 4.78 is 12.6. The van der Waals surface area contributed by atoms with E-state index in [1.807, 2.05) is 24.3 Å². The molecule has 0 aliphatic rings. The molecule has 4 aromatic rings. The molecule has 9 heteroatoms. The number of amides is 2. The highest BCUT2D eigenvalue weighted by atomic mass is 35.5. The number of rotatable bonds is 9. The van der Waals surface area contributed by atoms with Gasteiger partial charge in [0.05, 0.1) is 30.5 Å². The molecule has 0 aliphatic heterocycles.